The van der Waals surface area contributed by atoms with Crippen molar-refractivity contribution in [3.05, 3.63) is 0 Å². The Morgan fingerprint density at radius 2 is 1.72 bits per heavy atom. The topological polar surface area (TPSA) is 77.0 Å². The van der Waals surface area contributed by atoms with E-state index >= 15 is 0 Å². The molecule has 2 saturated heterocycles. The molecule has 0 aromatic carbocycles. The van der Waals surface area contributed by atoms with Crippen LogP contribution in [0.25, 0.3) is 0 Å². The Morgan fingerprint density at radius 3 is 2.24 bits per heavy atom. The smallest absolute Gasteiger partial charge is 0.357 e. The first kappa shape index (κ1) is 24.2. The molecule has 2 heterocycles. The van der Waals surface area contributed by atoms with Gasteiger partial charge in [-0.3, -0.25) is 9.89 Å². The van der Waals surface area contributed by atoms with Gasteiger partial charge in [-0.2, -0.15) is 17.5 Å². The Hall–Kier alpha value is -1.07. The van der Waals surface area contributed by atoms with Crippen LogP contribution in [-0.2, 0) is 10.0 Å². The first-order valence-electron chi connectivity index (χ1n) is 10.4. The molecular weight excluding hydrogens is 407 g/mol. The molecule has 2 N–H and O–H groups in total. The van der Waals surface area contributed by atoms with E-state index in [9.17, 15) is 21.6 Å². The molecule has 0 saturated carbocycles. The van der Waals surface area contributed by atoms with Crippen LogP contribution in [-0.4, -0.2) is 80.4 Å². The second-order valence-corrected chi connectivity index (χ2v) is 9.99. The summed E-state index contributed by atoms with van der Waals surface area (Å²) in [7, 11) is -5.25. The minimum absolute atomic E-state index is 0.112. The Morgan fingerprint density at radius 1 is 1.14 bits per heavy atom. The van der Waals surface area contributed by atoms with E-state index in [0.29, 0.717) is 42.2 Å². The van der Waals surface area contributed by atoms with Crippen molar-refractivity contribution in [3.63, 3.8) is 0 Å². The number of hydrogen-bond donors (Lipinski definition) is 2. The van der Waals surface area contributed by atoms with E-state index in [4.69, 9.17) is 0 Å². The van der Waals surface area contributed by atoms with Crippen LogP contribution >= 0.6 is 0 Å². The third-order valence-corrected chi connectivity index (χ3v) is 7.36. The van der Waals surface area contributed by atoms with Gasteiger partial charge in [0.1, 0.15) is 0 Å². The summed E-state index contributed by atoms with van der Waals surface area (Å²) in [5.41, 5.74) is -5.24. The third-order valence-electron chi connectivity index (χ3n) is 5.73. The predicted molar refractivity (Wildman–Crippen MR) is 108 cm³/mol. The molecule has 29 heavy (non-hydrogen) atoms. The van der Waals surface area contributed by atoms with Crippen molar-refractivity contribution < 1.29 is 21.6 Å². The largest absolute Gasteiger partial charge is 0.511 e. The van der Waals surface area contributed by atoms with Crippen LogP contribution in [0.5, 0.6) is 0 Å². The summed E-state index contributed by atoms with van der Waals surface area (Å²) in [5, 5.41) is 6.42. The van der Waals surface area contributed by atoms with Crippen LogP contribution in [0, 0.1) is 5.92 Å². The van der Waals surface area contributed by atoms with Gasteiger partial charge < -0.3 is 10.6 Å². The van der Waals surface area contributed by atoms with Crippen LogP contribution in [0.3, 0.4) is 0 Å². The molecule has 170 valence electrons. The Labute approximate surface area is 172 Å². The monoisotopic (exact) mass is 441 g/mol. The number of nitrogens with one attached hydrogen (secondary N) is 2. The molecule has 2 rings (SSSR count). The van der Waals surface area contributed by atoms with Gasteiger partial charge in [0.05, 0.1) is 6.54 Å². The second kappa shape index (κ2) is 10.3. The predicted octanol–water partition coefficient (Wildman–Crippen LogP) is 1.98. The number of nitrogens with zero attached hydrogens (tertiary/aromatic N) is 3. The standard InChI is InChI=1S/C18H34F3N5O2S/c1-4-22-17(23-13-15(3)25-9-5-14(2)6-10-25)24-16-7-11-26(12-8-16)29(27,28)18(19,20)21/h14-16H,4-13H2,1-3H3,(H2,22,23,24). The van der Waals surface area contributed by atoms with Gasteiger partial charge in [0.25, 0.3) is 0 Å². The number of rotatable bonds is 6. The van der Waals surface area contributed by atoms with E-state index in [1.807, 2.05) is 6.92 Å². The molecule has 0 bridgehead atoms. The minimum Gasteiger partial charge on any atom is -0.357 e. The number of piperidine rings is 2. The molecule has 0 spiro atoms. The van der Waals surface area contributed by atoms with E-state index in [-0.39, 0.29) is 19.1 Å². The maximum absolute atomic E-state index is 12.7. The summed E-state index contributed by atoms with van der Waals surface area (Å²) < 4.78 is 61.7. The summed E-state index contributed by atoms with van der Waals surface area (Å²) in [4.78, 5) is 7.09. The van der Waals surface area contributed by atoms with Crippen LogP contribution < -0.4 is 10.6 Å². The molecule has 1 unspecified atom stereocenters. The molecule has 1 atom stereocenters. The molecule has 0 radical (unpaired) electrons. The summed E-state index contributed by atoms with van der Waals surface area (Å²) in [6.45, 7) is 9.53. The summed E-state index contributed by atoms with van der Waals surface area (Å²) in [5.74, 6) is 1.40. The Bertz CT molecular complexity index is 640. The van der Waals surface area contributed by atoms with Gasteiger partial charge in [-0.15, -0.1) is 0 Å². The lowest BCUT2D eigenvalue weighted by molar-refractivity contribution is -0.0494. The molecule has 0 aromatic heterocycles. The van der Waals surface area contributed by atoms with Crippen LogP contribution in [0.1, 0.15) is 46.5 Å². The SMILES string of the molecule is CCNC(=NCC(C)N1CCC(C)CC1)NC1CCN(S(=O)(=O)C(F)(F)F)CC1. The van der Waals surface area contributed by atoms with Crippen molar-refractivity contribution in [1.29, 1.82) is 0 Å². The van der Waals surface area contributed by atoms with Crippen molar-refractivity contribution in [2.24, 2.45) is 10.9 Å². The first-order valence-corrected chi connectivity index (χ1v) is 11.8. The Kier molecular flexibility index (Phi) is 8.59. The summed E-state index contributed by atoms with van der Waals surface area (Å²) in [6, 6.07) is 0.204. The number of aliphatic imine (C=N–C) groups is 1. The minimum atomic E-state index is -5.25. The van der Waals surface area contributed by atoms with Crippen LogP contribution in [0.15, 0.2) is 4.99 Å². The molecular formula is C18H34F3N5O2S. The first-order chi connectivity index (χ1) is 13.5. The van der Waals surface area contributed by atoms with Crippen LogP contribution in [0.4, 0.5) is 13.2 Å². The molecule has 11 heteroatoms. The normalized spacial score (nSPS) is 23.2. The van der Waals surface area contributed by atoms with Crippen molar-refractivity contribution >= 4 is 16.0 Å². The van der Waals surface area contributed by atoms with Gasteiger partial charge in [0.2, 0.25) is 0 Å². The fourth-order valence-electron chi connectivity index (χ4n) is 3.71. The highest BCUT2D eigenvalue weighted by Gasteiger charge is 2.50. The van der Waals surface area contributed by atoms with Crippen molar-refractivity contribution in [2.45, 2.75) is 64.0 Å². The van der Waals surface area contributed by atoms with E-state index in [1.54, 1.807) is 0 Å². The van der Waals surface area contributed by atoms with Crippen LogP contribution in [0.2, 0.25) is 0 Å². The zero-order valence-electron chi connectivity index (χ0n) is 17.5. The van der Waals surface area contributed by atoms with Crippen molar-refractivity contribution in [3.8, 4) is 0 Å². The zero-order chi connectivity index (χ0) is 21.7. The highest BCUT2D eigenvalue weighted by atomic mass is 32.2. The van der Waals surface area contributed by atoms with E-state index in [1.165, 1.54) is 12.8 Å². The third kappa shape index (κ3) is 6.71. The maximum atomic E-state index is 12.7. The molecule has 2 aliphatic rings. The summed E-state index contributed by atoms with van der Waals surface area (Å²) in [6.07, 6.45) is 3.01. The van der Waals surface area contributed by atoms with E-state index in [2.05, 4.69) is 34.4 Å². The fraction of sp³-hybridized carbons (Fsp3) is 0.944. The van der Waals surface area contributed by atoms with Crippen molar-refractivity contribution in [2.75, 3.05) is 39.3 Å². The lowest BCUT2D eigenvalue weighted by Crippen LogP contribution is -2.52. The molecule has 7 nitrogen and oxygen atoms in total. The highest BCUT2D eigenvalue weighted by Crippen LogP contribution is 2.29. The molecule has 0 amide bonds. The number of hydrogen-bond acceptors (Lipinski definition) is 4. The molecule has 0 aliphatic carbocycles. The average Bonchev–Trinajstić information content (AvgIpc) is 2.66. The number of likely N-dealkylation sites (tertiary alicyclic amines) is 1. The molecule has 2 fully saturated rings. The van der Waals surface area contributed by atoms with E-state index < -0.39 is 15.5 Å². The fourth-order valence-corrected chi connectivity index (χ4v) is 4.69. The summed E-state index contributed by atoms with van der Waals surface area (Å²) >= 11 is 0. The lowest BCUT2D eigenvalue weighted by Gasteiger charge is -2.34. The van der Waals surface area contributed by atoms with Gasteiger partial charge in [-0.25, -0.2) is 8.42 Å². The van der Waals surface area contributed by atoms with Gasteiger partial charge in [-0.05, 0) is 58.5 Å². The number of halogens is 3. The van der Waals surface area contributed by atoms with Gasteiger partial charge >= 0.3 is 15.5 Å². The van der Waals surface area contributed by atoms with Crippen molar-refractivity contribution in [1.82, 2.24) is 19.8 Å². The molecule has 0 aromatic rings. The zero-order valence-corrected chi connectivity index (χ0v) is 18.3. The quantitative estimate of drug-likeness (QED) is 0.487. The maximum Gasteiger partial charge on any atom is 0.511 e. The molecule has 2 aliphatic heterocycles. The highest BCUT2D eigenvalue weighted by molar-refractivity contribution is 7.90. The van der Waals surface area contributed by atoms with Gasteiger partial charge in [0.15, 0.2) is 5.96 Å². The van der Waals surface area contributed by atoms with E-state index in [0.717, 1.165) is 19.0 Å². The number of guanidine groups is 1. The second-order valence-electron chi connectivity index (χ2n) is 8.06. The van der Waals surface area contributed by atoms with Gasteiger partial charge in [-0.1, -0.05) is 6.92 Å². The number of sulfonamides is 1. The average molecular weight is 442 g/mol. The lowest BCUT2D eigenvalue weighted by atomic mass is 9.98. The van der Waals surface area contributed by atoms with Gasteiger partial charge in [0, 0.05) is 31.7 Å². The Balaban J connectivity index is 1.87. The number of alkyl halides is 3.